The number of hydrogen-bond donors (Lipinski definition) is 0. The number of epoxide rings is 1. The molecule has 0 amide bonds. The molecular weight excluding hydrogens is 194 g/mol. The molecule has 0 bridgehead atoms. The van der Waals surface area contributed by atoms with Crippen LogP contribution >= 0.6 is 0 Å². The van der Waals surface area contributed by atoms with Crippen LogP contribution in [0.3, 0.4) is 0 Å². The number of rotatable bonds is 3. The molecule has 2 unspecified atom stereocenters. The van der Waals surface area contributed by atoms with Crippen LogP contribution < -0.4 is 10.2 Å². The van der Waals surface area contributed by atoms with Crippen molar-refractivity contribution in [2.45, 2.75) is 25.8 Å². The topological polar surface area (TPSA) is 21.8 Å². The first-order valence-corrected chi connectivity index (χ1v) is 4.76. The fourth-order valence-electron chi connectivity index (χ4n) is 1.33. The van der Waals surface area contributed by atoms with Gasteiger partial charge in [-0.2, -0.15) is 0 Å². The number of ether oxygens (including phenoxy) is 2. The van der Waals surface area contributed by atoms with E-state index < -0.39 is 12.0 Å². The first-order chi connectivity index (χ1) is 7.40. The Morgan fingerprint density at radius 1 is 1.80 bits per heavy atom. The largest absolute Gasteiger partial charge is 0.491 e. The number of hydrogen-bond acceptors (Lipinski definition) is 2. The summed E-state index contributed by atoms with van der Waals surface area (Å²) in [5.41, 5.74) is 1.29. The van der Waals surface area contributed by atoms with E-state index in [1.807, 2.05) is 6.92 Å². The molecule has 1 heterocycles. The summed E-state index contributed by atoms with van der Waals surface area (Å²) in [5, 5.41) is 0. The minimum Gasteiger partial charge on any atom is -0.491 e. The van der Waals surface area contributed by atoms with Gasteiger partial charge in [-0.15, -0.1) is 0 Å². The molecule has 15 heavy (non-hydrogen) atoms. The summed E-state index contributed by atoms with van der Waals surface area (Å²) >= 11 is 0. The Bertz CT molecular complexity index is 399. The van der Waals surface area contributed by atoms with Gasteiger partial charge in [0.15, 0.2) is 6.10 Å². The molecule has 1 fully saturated rings. The molecule has 4 heteroatoms. The maximum absolute atomic E-state index is 13.1. The zero-order valence-electron chi connectivity index (χ0n) is 9.71. The SMILES string of the molecule is [2H]c1cc(C)cc([B])c1OCC1OC1(C)F. The number of aryl methyl sites for hydroxylation is 1. The Balaban J connectivity index is 2.05. The molecule has 0 aliphatic carbocycles. The fourth-order valence-corrected chi connectivity index (χ4v) is 1.33. The van der Waals surface area contributed by atoms with E-state index in [2.05, 4.69) is 0 Å². The molecule has 1 aliphatic rings. The molecule has 2 radical (unpaired) electrons. The van der Waals surface area contributed by atoms with Crippen LogP contribution in [0.25, 0.3) is 0 Å². The highest BCUT2D eigenvalue weighted by Crippen LogP contribution is 2.37. The third kappa shape index (κ3) is 2.32. The van der Waals surface area contributed by atoms with E-state index in [0.717, 1.165) is 5.56 Å². The van der Waals surface area contributed by atoms with Crippen LogP contribution in [0.1, 0.15) is 13.9 Å². The van der Waals surface area contributed by atoms with Gasteiger partial charge < -0.3 is 9.47 Å². The zero-order valence-corrected chi connectivity index (χ0v) is 8.71. The lowest BCUT2D eigenvalue weighted by molar-refractivity contribution is 0.161. The molecule has 2 rings (SSSR count). The standard InChI is InChI=1S/C11H12BFO2/c1-7-3-4-9(8(12)5-7)14-6-10-11(2,13)15-10/h3-5,10H,6H2,1-2H3/i4D. The van der Waals surface area contributed by atoms with Crippen molar-refractivity contribution in [3.05, 3.63) is 23.7 Å². The van der Waals surface area contributed by atoms with Crippen molar-refractivity contribution < 1.29 is 15.2 Å². The Morgan fingerprint density at radius 2 is 2.47 bits per heavy atom. The smallest absolute Gasteiger partial charge is 0.236 e. The van der Waals surface area contributed by atoms with Crippen LogP contribution in [0.2, 0.25) is 0 Å². The summed E-state index contributed by atoms with van der Waals surface area (Å²) in [6.07, 6.45) is -0.562. The average molecular weight is 207 g/mol. The van der Waals surface area contributed by atoms with Crippen LogP contribution in [0, 0.1) is 6.92 Å². The lowest BCUT2D eigenvalue weighted by Crippen LogP contribution is -2.16. The molecular formula is C11H12BFO2. The van der Waals surface area contributed by atoms with E-state index in [-0.39, 0.29) is 18.4 Å². The molecule has 1 aromatic carbocycles. The third-order valence-corrected chi connectivity index (χ3v) is 2.35. The molecule has 0 saturated carbocycles. The van der Waals surface area contributed by atoms with E-state index in [1.54, 1.807) is 12.1 Å². The van der Waals surface area contributed by atoms with Crippen LogP contribution in [0.15, 0.2) is 18.2 Å². The second-order valence-electron chi connectivity index (χ2n) is 3.86. The Labute approximate surface area is 91.2 Å². The summed E-state index contributed by atoms with van der Waals surface area (Å²) in [6, 6.07) is 3.57. The highest BCUT2D eigenvalue weighted by Gasteiger charge is 2.54. The van der Waals surface area contributed by atoms with Gasteiger partial charge in [-0.3, -0.25) is 0 Å². The van der Waals surface area contributed by atoms with Gasteiger partial charge in [0.2, 0.25) is 5.85 Å². The maximum Gasteiger partial charge on any atom is 0.236 e. The molecule has 1 saturated heterocycles. The van der Waals surface area contributed by atoms with Crippen molar-refractivity contribution >= 4 is 13.3 Å². The Morgan fingerprint density at radius 3 is 3.00 bits per heavy atom. The molecule has 1 aliphatic heterocycles. The second-order valence-corrected chi connectivity index (χ2v) is 3.86. The van der Waals surface area contributed by atoms with Crippen molar-refractivity contribution in [2.75, 3.05) is 6.61 Å². The van der Waals surface area contributed by atoms with Gasteiger partial charge >= 0.3 is 0 Å². The molecule has 2 nitrogen and oxygen atoms in total. The Hall–Kier alpha value is -1.03. The average Bonchev–Trinajstić information content (AvgIpc) is 2.72. The van der Waals surface area contributed by atoms with E-state index in [4.69, 9.17) is 18.7 Å². The summed E-state index contributed by atoms with van der Waals surface area (Å²) < 4.78 is 30.8. The summed E-state index contributed by atoms with van der Waals surface area (Å²) in [5.74, 6) is -1.31. The summed E-state index contributed by atoms with van der Waals surface area (Å²) in [7, 11) is 5.72. The third-order valence-electron chi connectivity index (χ3n) is 2.35. The predicted octanol–water partition coefficient (Wildman–Crippen LogP) is 1.25. The quantitative estimate of drug-likeness (QED) is 0.549. The van der Waals surface area contributed by atoms with Gasteiger partial charge in [0.25, 0.3) is 0 Å². The number of halogens is 1. The first kappa shape index (κ1) is 9.22. The molecule has 0 aromatic heterocycles. The minimum atomic E-state index is -1.60. The van der Waals surface area contributed by atoms with Crippen LogP contribution in [0.5, 0.6) is 5.75 Å². The van der Waals surface area contributed by atoms with Crippen LogP contribution in [-0.4, -0.2) is 26.4 Å². The van der Waals surface area contributed by atoms with Gasteiger partial charge in [-0.25, -0.2) is 4.39 Å². The second kappa shape index (κ2) is 3.52. The van der Waals surface area contributed by atoms with E-state index in [1.165, 1.54) is 6.92 Å². The van der Waals surface area contributed by atoms with Gasteiger partial charge in [0, 0.05) is 0 Å². The van der Waals surface area contributed by atoms with E-state index >= 15 is 0 Å². The minimum absolute atomic E-state index is 0.0755. The van der Waals surface area contributed by atoms with Gasteiger partial charge in [-0.05, 0) is 19.9 Å². The van der Waals surface area contributed by atoms with E-state index in [9.17, 15) is 4.39 Å². The van der Waals surface area contributed by atoms with Crippen molar-refractivity contribution in [2.24, 2.45) is 0 Å². The van der Waals surface area contributed by atoms with Crippen LogP contribution in [0.4, 0.5) is 4.39 Å². The fraction of sp³-hybridized carbons (Fsp3) is 0.455. The van der Waals surface area contributed by atoms with Crippen molar-refractivity contribution in [3.63, 3.8) is 0 Å². The lowest BCUT2D eigenvalue weighted by atomic mass is 9.93. The highest BCUT2D eigenvalue weighted by molar-refractivity contribution is 6.34. The Kier molecular flexibility index (Phi) is 2.17. The lowest BCUT2D eigenvalue weighted by Gasteiger charge is -2.08. The van der Waals surface area contributed by atoms with Gasteiger partial charge in [0.1, 0.15) is 20.2 Å². The summed E-state index contributed by atoms with van der Waals surface area (Å²) in [6.45, 7) is 3.27. The van der Waals surface area contributed by atoms with Gasteiger partial charge in [-0.1, -0.05) is 23.2 Å². The number of benzene rings is 1. The van der Waals surface area contributed by atoms with E-state index in [0.29, 0.717) is 5.46 Å². The van der Waals surface area contributed by atoms with Crippen molar-refractivity contribution in [1.29, 1.82) is 0 Å². The zero-order chi connectivity index (χ0) is 11.9. The highest BCUT2D eigenvalue weighted by atomic mass is 19.2. The number of alkyl halides is 1. The molecule has 0 spiro atoms. The van der Waals surface area contributed by atoms with Crippen molar-refractivity contribution in [1.82, 2.24) is 0 Å². The predicted molar refractivity (Wildman–Crippen MR) is 56.4 cm³/mol. The molecule has 78 valence electrons. The van der Waals surface area contributed by atoms with Gasteiger partial charge in [0.05, 0.1) is 1.37 Å². The monoisotopic (exact) mass is 207 g/mol. The first-order valence-electron chi connectivity index (χ1n) is 5.26. The molecule has 1 aromatic rings. The normalized spacial score (nSPS) is 29.8. The molecule has 0 N–H and O–H groups in total. The maximum atomic E-state index is 13.1. The van der Waals surface area contributed by atoms with Crippen molar-refractivity contribution in [3.8, 4) is 5.75 Å². The van der Waals surface area contributed by atoms with Crippen LogP contribution in [-0.2, 0) is 4.74 Å². The molecule has 2 atom stereocenters. The summed E-state index contributed by atoms with van der Waals surface area (Å²) in [4.78, 5) is 0.